The molecule has 0 N–H and O–H groups in total. The number of carbonyl (C=O) groups is 1. The predicted octanol–water partition coefficient (Wildman–Crippen LogP) is 4.53. The van der Waals surface area contributed by atoms with Crippen molar-refractivity contribution in [3.63, 3.8) is 0 Å². The van der Waals surface area contributed by atoms with E-state index in [0.717, 1.165) is 37.1 Å². The fourth-order valence-corrected chi connectivity index (χ4v) is 4.24. The van der Waals surface area contributed by atoms with Gasteiger partial charge in [-0.15, -0.1) is 0 Å². The Morgan fingerprint density at radius 3 is 2.48 bits per heavy atom. The number of nitrogens with zero attached hydrogens (tertiary/aromatic N) is 3. The third kappa shape index (κ3) is 4.23. The van der Waals surface area contributed by atoms with Gasteiger partial charge in [0.25, 0.3) is 0 Å². The standard InChI is InChI=1S/C22H28FN3O/c23-19-11-9-17(10-12-19)15-25-14-13-24-21(25)16-26(20-7-2-1-3-8-20)22(27)18-5-4-6-18/h9-14,18,20H,1-8,15-16H2. The molecule has 2 aliphatic rings. The lowest BCUT2D eigenvalue weighted by Crippen LogP contribution is -2.46. The number of aromatic nitrogens is 2. The van der Waals surface area contributed by atoms with Gasteiger partial charge >= 0.3 is 0 Å². The Morgan fingerprint density at radius 1 is 1.07 bits per heavy atom. The van der Waals surface area contributed by atoms with Crippen molar-refractivity contribution in [3.8, 4) is 0 Å². The van der Waals surface area contributed by atoms with E-state index in [9.17, 15) is 9.18 Å². The second-order valence-corrected chi connectivity index (χ2v) is 7.98. The van der Waals surface area contributed by atoms with Gasteiger partial charge in [-0.2, -0.15) is 0 Å². The van der Waals surface area contributed by atoms with E-state index in [1.807, 2.05) is 6.20 Å². The van der Waals surface area contributed by atoms with Crippen molar-refractivity contribution >= 4 is 5.91 Å². The third-order valence-corrected chi connectivity index (χ3v) is 6.13. The first kappa shape index (κ1) is 18.2. The number of amides is 1. The lowest BCUT2D eigenvalue weighted by atomic mass is 9.83. The second kappa shape index (κ2) is 8.24. The normalized spacial score (nSPS) is 18.3. The van der Waals surface area contributed by atoms with E-state index in [0.29, 0.717) is 25.0 Å². The highest BCUT2D eigenvalue weighted by molar-refractivity contribution is 5.79. The molecule has 2 fully saturated rings. The molecule has 5 heteroatoms. The van der Waals surface area contributed by atoms with Crippen LogP contribution in [0.1, 0.15) is 62.8 Å². The lowest BCUT2D eigenvalue weighted by Gasteiger charge is -2.38. The van der Waals surface area contributed by atoms with Crippen molar-refractivity contribution in [2.45, 2.75) is 70.5 Å². The predicted molar refractivity (Wildman–Crippen MR) is 102 cm³/mol. The topological polar surface area (TPSA) is 38.1 Å². The highest BCUT2D eigenvalue weighted by Crippen LogP contribution is 2.32. The van der Waals surface area contributed by atoms with Crippen LogP contribution in [0.5, 0.6) is 0 Å². The molecule has 0 saturated heterocycles. The summed E-state index contributed by atoms with van der Waals surface area (Å²) in [5, 5.41) is 0. The van der Waals surface area contributed by atoms with Crippen molar-refractivity contribution in [1.82, 2.24) is 14.5 Å². The van der Waals surface area contributed by atoms with Crippen molar-refractivity contribution in [2.75, 3.05) is 0 Å². The van der Waals surface area contributed by atoms with Crippen molar-refractivity contribution in [2.24, 2.45) is 5.92 Å². The molecule has 1 aromatic carbocycles. The summed E-state index contributed by atoms with van der Waals surface area (Å²) in [6.07, 6.45) is 12.9. The smallest absolute Gasteiger partial charge is 0.226 e. The molecule has 0 unspecified atom stereocenters. The van der Waals surface area contributed by atoms with Crippen LogP contribution in [-0.4, -0.2) is 26.4 Å². The Bertz CT molecular complexity index is 760. The van der Waals surface area contributed by atoms with E-state index in [-0.39, 0.29) is 11.7 Å². The minimum absolute atomic E-state index is 0.215. The van der Waals surface area contributed by atoms with Gasteiger partial charge in [0.2, 0.25) is 5.91 Å². The Morgan fingerprint density at radius 2 is 1.81 bits per heavy atom. The quantitative estimate of drug-likeness (QED) is 0.750. The number of hydrogen-bond donors (Lipinski definition) is 0. The van der Waals surface area contributed by atoms with E-state index in [4.69, 9.17) is 0 Å². The maximum absolute atomic E-state index is 13.2. The van der Waals surface area contributed by atoms with Crippen LogP contribution in [0.2, 0.25) is 0 Å². The summed E-state index contributed by atoms with van der Waals surface area (Å²) < 4.78 is 15.2. The van der Waals surface area contributed by atoms with Crippen LogP contribution < -0.4 is 0 Å². The average molecular weight is 369 g/mol. The molecular formula is C22H28FN3O. The van der Waals surface area contributed by atoms with Gasteiger partial charge in [-0.1, -0.05) is 37.8 Å². The maximum atomic E-state index is 13.2. The van der Waals surface area contributed by atoms with E-state index in [1.165, 1.54) is 37.8 Å². The van der Waals surface area contributed by atoms with Crippen LogP contribution in [0.25, 0.3) is 0 Å². The number of imidazole rings is 1. The molecule has 2 aliphatic carbocycles. The highest BCUT2D eigenvalue weighted by atomic mass is 19.1. The number of carbonyl (C=O) groups excluding carboxylic acids is 1. The molecule has 4 rings (SSSR count). The van der Waals surface area contributed by atoms with Gasteiger partial charge < -0.3 is 9.47 Å². The Kier molecular flexibility index (Phi) is 5.55. The van der Waals surface area contributed by atoms with Gasteiger partial charge in [0, 0.05) is 30.9 Å². The summed E-state index contributed by atoms with van der Waals surface area (Å²) in [6, 6.07) is 6.93. The Labute approximate surface area is 160 Å². The minimum atomic E-state index is -0.223. The van der Waals surface area contributed by atoms with Crippen LogP contribution in [-0.2, 0) is 17.9 Å². The molecule has 1 amide bonds. The van der Waals surface area contributed by atoms with Gasteiger partial charge in [-0.25, -0.2) is 9.37 Å². The first-order valence-electron chi connectivity index (χ1n) is 10.3. The summed E-state index contributed by atoms with van der Waals surface area (Å²) in [7, 11) is 0. The molecule has 2 saturated carbocycles. The molecule has 144 valence electrons. The molecular weight excluding hydrogens is 341 g/mol. The van der Waals surface area contributed by atoms with Crippen molar-refractivity contribution in [3.05, 3.63) is 53.9 Å². The highest BCUT2D eigenvalue weighted by Gasteiger charge is 2.34. The number of rotatable bonds is 6. The van der Waals surface area contributed by atoms with Crippen LogP contribution in [0.4, 0.5) is 4.39 Å². The molecule has 0 atom stereocenters. The largest absolute Gasteiger partial charge is 0.332 e. The zero-order valence-electron chi connectivity index (χ0n) is 15.8. The summed E-state index contributed by atoms with van der Waals surface area (Å²) in [6.45, 7) is 1.22. The summed E-state index contributed by atoms with van der Waals surface area (Å²) in [5.41, 5.74) is 1.03. The van der Waals surface area contributed by atoms with Crippen LogP contribution in [0.15, 0.2) is 36.7 Å². The van der Waals surface area contributed by atoms with Gasteiger partial charge in [0.15, 0.2) is 0 Å². The molecule has 1 aromatic heterocycles. The third-order valence-electron chi connectivity index (χ3n) is 6.13. The summed E-state index contributed by atoms with van der Waals surface area (Å²) in [5.74, 6) is 1.23. The Hall–Kier alpha value is -2.17. The van der Waals surface area contributed by atoms with Gasteiger partial charge in [0.1, 0.15) is 11.6 Å². The zero-order chi connectivity index (χ0) is 18.6. The minimum Gasteiger partial charge on any atom is -0.332 e. The first-order chi connectivity index (χ1) is 13.2. The van der Waals surface area contributed by atoms with Gasteiger partial charge in [-0.3, -0.25) is 4.79 Å². The number of benzene rings is 1. The fourth-order valence-electron chi connectivity index (χ4n) is 4.24. The number of hydrogen-bond acceptors (Lipinski definition) is 2. The molecule has 0 bridgehead atoms. The van der Waals surface area contributed by atoms with E-state index in [1.54, 1.807) is 18.3 Å². The summed E-state index contributed by atoms with van der Waals surface area (Å²) >= 11 is 0. The van der Waals surface area contributed by atoms with Crippen LogP contribution >= 0.6 is 0 Å². The molecule has 0 aliphatic heterocycles. The molecule has 1 heterocycles. The van der Waals surface area contributed by atoms with Gasteiger partial charge in [0.05, 0.1) is 6.54 Å². The molecule has 0 radical (unpaired) electrons. The van der Waals surface area contributed by atoms with E-state index >= 15 is 0 Å². The van der Waals surface area contributed by atoms with Crippen LogP contribution in [0.3, 0.4) is 0 Å². The molecule has 27 heavy (non-hydrogen) atoms. The maximum Gasteiger partial charge on any atom is 0.226 e. The van der Waals surface area contributed by atoms with Crippen LogP contribution in [0, 0.1) is 11.7 Å². The first-order valence-corrected chi connectivity index (χ1v) is 10.3. The van der Waals surface area contributed by atoms with Crippen molar-refractivity contribution < 1.29 is 9.18 Å². The Balaban J connectivity index is 1.51. The van der Waals surface area contributed by atoms with Gasteiger partial charge in [-0.05, 0) is 43.4 Å². The lowest BCUT2D eigenvalue weighted by molar-refractivity contribution is -0.142. The van der Waals surface area contributed by atoms with E-state index < -0.39 is 0 Å². The molecule has 2 aromatic rings. The zero-order valence-corrected chi connectivity index (χ0v) is 15.8. The molecule has 4 nitrogen and oxygen atoms in total. The SMILES string of the molecule is O=C(C1CCC1)N(Cc1nccn1Cc1ccc(F)cc1)C1CCCCC1. The summed E-state index contributed by atoms with van der Waals surface area (Å²) in [4.78, 5) is 19.8. The van der Waals surface area contributed by atoms with Crippen molar-refractivity contribution in [1.29, 1.82) is 0 Å². The molecule has 0 spiro atoms. The second-order valence-electron chi connectivity index (χ2n) is 7.98. The fraction of sp³-hybridized carbons (Fsp3) is 0.545. The average Bonchev–Trinajstić information content (AvgIpc) is 3.07. The van der Waals surface area contributed by atoms with E-state index in [2.05, 4.69) is 14.5 Å². The monoisotopic (exact) mass is 369 g/mol. The number of halogens is 1.